The van der Waals surface area contributed by atoms with Crippen molar-refractivity contribution >= 4 is 11.3 Å². The summed E-state index contributed by atoms with van der Waals surface area (Å²) in [4.78, 5) is 6.65. The summed E-state index contributed by atoms with van der Waals surface area (Å²) in [6.07, 6.45) is 5.27. The molecule has 1 N–H and O–H groups in total. The minimum Gasteiger partial charge on any atom is -0.320 e. The lowest BCUT2D eigenvalue weighted by Gasteiger charge is -2.14. The smallest absolute Gasteiger partial charge is 0.0795 e. The Morgan fingerprint density at radius 1 is 1.31 bits per heavy atom. The number of nitrogens with one attached hydrogen (secondary N) is 1. The number of hydrogen-bond acceptors (Lipinski definition) is 4. The molecule has 0 fully saturated rings. The van der Waals surface area contributed by atoms with Crippen molar-refractivity contribution < 1.29 is 0 Å². The average molecular weight is 241 g/mol. The zero-order chi connectivity index (χ0) is 11.6. The van der Waals surface area contributed by atoms with Gasteiger partial charge >= 0.3 is 0 Å². The lowest BCUT2D eigenvalue weighted by Crippen LogP contribution is -2.19. The molecular formula is C12H23N3S. The SMILES string of the molecule is CNCCCCCCN(C)Cc1cscn1. The van der Waals surface area contributed by atoms with Crippen LogP contribution in [0.5, 0.6) is 0 Å². The summed E-state index contributed by atoms with van der Waals surface area (Å²) in [6, 6.07) is 0. The molecule has 0 aliphatic heterocycles. The van der Waals surface area contributed by atoms with Crippen molar-refractivity contribution in [3.05, 3.63) is 16.6 Å². The predicted octanol–water partition coefficient (Wildman–Crippen LogP) is 2.35. The maximum absolute atomic E-state index is 4.29. The van der Waals surface area contributed by atoms with E-state index in [-0.39, 0.29) is 0 Å². The van der Waals surface area contributed by atoms with Gasteiger partial charge in [-0.05, 0) is 40.0 Å². The zero-order valence-corrected chi connectivity index (χ0v) is 11.2. The van der Waals surface area contributed by atoms with Gasteiger partial charge < -0.3 is 10.2 Å². The van der Waals surface area contributed by atoms with E-state index in [2.05, 4.69) is 27.6 Å². The maximum Gasteiger partial charge on any atom is 0.0795 e. The van der Waals surface area contributed by atoms with Gasteiger partial charge in [-0.25, -0.2) is 4.98 Å². The molecule has 1 heterocycles. The summed E-state index contributed by atoms with van der Waals surface area (Å²) in [5.41, 5.74) is 3.10. The molecular weight excluding hydrogens is 218 g/mol. The minimum absolute atomic E-state index is 0.986. The zero-order valence-electron chi connectivity index (χ0n) is 10.4. The average Bonchev–Trinajstić information content (AvgIpc) is 2.76. The molecule has 1 aromatic rings. The van der Waals surface area contributed by atoms with E-state index in [0.717, 1.165) is 13.1 Å². The molecule has 0 atom stereocenters. The molecule has 1 aromatic heterocycles. The fourth-order valence-corrected chi connectivity index (χ4v) is 2.26. The molecule has 0 saturated carbocycles. The van der Waals surface area contributed by atoms with Crippen molar-refractivity contribution in [2.24, 2.45) is 0 Å². The standard InChI is InChI=1S/C12H23N3S/c1-13-7-5-3-4-6-8-15(2)9-12-10-16-11-14-12/h10-11,13H,3-9H2,1-2H3. The van der Waals surface area contributed by atoms with E-state index in [1.165, 1.54) is 37.9 Å². The van der Waals surface area contributed by atoms with E-state index in [1.807, 2.05) is 12.6 Å². The topological polar surface area (TPSA) is 28.2 Å². The Morgan fingerprint density at radius 2 is 2.12 bits per heavy atom. The van der Waals surface area contributed by atoms with Gasteiger partial charge in [-0.1, -0.05) is 12.8 Å². The number of hydrogen-bond donors (Lipinski definition) is 1. The van der Waals surface area contributed by atoms with Gasteiger partial charge in [-0.15, -0.1) is 11.3 Å². The molecule has 0 unspecified atom stereocenters. The minimum atomic E-state index is 0.986. The molecule has 0 amide bonds. The van der Waals surface area contributed by atoms with Gasteiger partial charge in [-0.3, -0.25) is 0 Å². The summed E-state index contributed by atoms with van der Waals surface area (Å²) in [5, 5.41) is 5.31. The van der Waals surface area contributed by atoms with Crippen LogP contribution in [0.2, 0.25) is 0 Å². The van der Waals surface area contributed by atoms with Gasteiger partial charge in [0.25, 0.3) is 0 Å². The number of unbranched alkanes of at least 4 members (excludes halogenated alkanes) is 3. The Morgan fingerprint density at radius 3 is 2.81 bits per heavy atom. The Hall–Kier alpha value is -0.450. The van der Waals surface area contributed by atoms with Gasteiger partial charge in [0.2, 0.25) is 0 Å². The summed E-state index contributed by atoms with van der Waals surface area (Å²) in [6.45, 7) is 3.31. The van der Waals surface area contributed by atoms with Crippen LogP contribution in [0.4, 0.5) is 0 Å². The molecule has 0 aliphatic rings. The second kappa shape index (κ2) is 8.67. The third kappa shape index (κ3) is 6.20. The van der Waals surface area contributed by atoms with Crippen LogP contribution in [0.3, 0.4) is 0 Å². The molecule has 0 bridgehead atoms. The largest absolute Gasteiger partial charge is 0.320 e. The second-order valence-corrected chi connectivity index (χ2v) is 4.95. The Bertz CT molecular complexity index is 249. The van der Waals surface area contributed by atoms with E-state index in [1.54, 1.807) is 11.3 Å². The van der Waals surface area contributed by atoms with E-state index in [0.29, 0.717) is 0 Å². The van der Waals surface area contributed by atoms with E-state index >= 15 is 0 Å². The highest BCUT2D eigenvalue weighted by Gasteiger charge is 2.01. The highest BCUT2D eigenvalue weighted by Crippen LogP contribution is 2.06. The first-order valence-corrected chi connectivity index (χ1v) is 6.97. The normalized spacial score (nSPS) is 11.2. The lowest BCUT2D eigenvalue weighted by molar-refractivity contribution is 0.313. The number of aromatic nitrogens is 1. The first-order chi connectivity index (χ1) is 7.83. The Balaban J connectivity index is 1.96. The van der Waals surface area contributed by atoms with Crippen LogP contribution in [0.25, 0.3) is 0 Å². The van der Waals surface area contributed by atoms with Crippen molar-refractivity contribution in [2.75, 3.05) is 27.2 Å². The fourth-order valence-electron chi connectivity index (χ4n) is 1.71. The van der Waals surface area contributed by atoms with E-state index < -0.39 is 0 Å². The van der Waals surface area contributed by atoms with Crippen molar-refractivity contribution in [3.63, 3.8) is 0 Å². The van der Waals surface area contributed by atoms with Crippen molar-refractivity contribution in [2.45, 2.75) is 32.2 Å². The summed E-state index contributed by atoms with van der Waals surface area (Å²) in [7, 11) is 4.19. The quantitative estimate of drug-likeness (QED) is 0.673. The lowest BCUT2D eigenvalue weighted by atomic mass is 10.2. The fraction of sp³-hybridized carbons (Fsp3) is 0.750. The number of nitrogens with zero attached hydrogens (tertiary/aromatic N) is 2. The molecule has 0 radical (unpaired) electrons. The van der Waals surface area contributed by atoms with E-state index in [9.17, 15) is 0 Å². The van der Waals surface area contributed by atoms with Gasteiger partial charge in [0.15, 0.2) is 0 Å². The van der Waals surface area contributed by atoms with Crippen LogP contribution >= 0.6 is 11.3 Å². The van der Waals surface area contributed by atoms with Crippen molar-refractivity contribution in [1.29, 1.82) is 0 Å². The number of rotatable bonds is 9. The van der Waals surface area contributed by atoms with Crippen LogP contribution in [0.15, 0.2) is 10.9 Å². The van der Waals surface area contributed by atoms with E-state index in [4.69, 9.17) is 0 Å². The van der Waals surface area contributed by atoms with Crippen LogP contribution in [0.1, 0.15) is 31.4 Å². The first-order valence-electron chi connectivity index (χ1n) is 6.03. The Kier molecular flexibility index (Phi) is 7.38. The first kappa shape index (κ1) is 13.6. The second-order valence-electron chi connectivity index (χ2n) is 4.24. The molecule has 4 heteroatoms. The molecule has 16 heavy (non-hydrogen) atoms. The number of thiazole rings is 1. The van der Waals surface area contributed by atoms with Gasteiger partial charge in [0, 0.05) is 11.9 Å². The summed E-state index contributed by atoms with van der Waals surface area (Å²) < 4.78 is 0. The molecule has 1 rings (SSSR count). The Labute approximate surface area is 103 Å². The molecule has 0 spiro atoms. The monoisotopic (exact) mass is 241 g/mol. The highest BCUT2D eigenvalue weighted by atomic mass is 32.1. The van der Waals surface area contributed by atoms with Crippen molar-refractivity contribution in [1.82, 2.24) is 15.2 Å². The molecule has 0 aliphatic carbocycles. The van der Waals surface area contributed by atoms with Crippen LogP contribution in [-0.2, 0) is 6.54 Å². The molecule has 3 nitrogen and oxygen atoms in total. The van der Waals surface area contributed by atoms with Crippen LogP contribution < -0.4 is 5.32 Å². The molecule has 0 saturated heterocycles. The van der Waals surface area contributed by atoms with Crippen molar-refractivity contribution in [3.8, 4) is 0 Å². The van der Waals surface area contributed by atoms with Gasteiger partial charge in [0.05, 0.1) is 11.2 Å². The van der Waals surface area contributed by atoms with Gasteiger partial charge in [0.1, 0.15) is 0 Å². The third-order valence-corrected chi connectivity index (χ3v) is 3.27. The van der Waals surface area contributed by atoms with Crippen LogP contribution in [0, 0.1) is 0 Å². The summed E-state index contributed by atoms with van der Waals surface area (Å²) in [5.74, 6) is 0. The van der Waals surface area contributed by atoms with Gasteiger partial charge in [-0.2, -0.15) is 0 Å². The molecule has 92 valence electrons. The maximum atomic E-state index is 4.29. The highest BCUT2D eigenvalue weighted by molar-refractivity contribution is 7.07. The summed E-state index contributed by atoms with van der Waals surface area (Å²) >= 11 is 1.67. The predicted molar refractivity (Wildman–Crippen MR) is 70.8 cm³/mol. The third-order valence-electron chi connectivity index (χ3n) is 2.63. The molecule has 0 aromatic carbocycles. The van der Waals surface area contributed by atoms with Crippen LogP contribution in [-0.4, -0.2) is 37.1 Å².